The number of likely N-dealkylation sites (N-methyl/N-ethyl adjacent to an activating group) is 1. The van der Waals surface area contributed by atoms with Crippen LogP contribution in [-0.4, -0.2) is 69.2 Å². The van der Waals surface area contributed by atoms with Gasteiger partial charge in [-0.2, -0.15) is 5.10 Å². The van der Waals surface area contributed by atoms with Gasteiger partial charge in [0.05, 0.1) is 17.6 Å². The summed E-state index contributed by atoms with van der Waals surface area (Å²) < 4.78 is 1.88. The van der Waals surface area contributed by atoms with E-state index in [4.69, 9.17) is 5.10 Å². The van der Waals surface area contributed by atoms with E-state index in [0.717, 1.165) is 66.5 Å². The Balaban J connectivity index is 1.42. The lowest BCUT2D eigenvalue weighted by Gasteiger charge is -2.32. The van der Waals surface area contributed by atoms with Gasteiger partial charge in [0, 0.05) is 49.2 Å². The van der Waals surface area contributed by atoms with Crippen LogP contribution in [0.15, 0.2) is 78.1 Å². The Morgan fingerprint density at radius 2 is 1.76 bits per heavy atom. The van der Waals surface area contributed by atoms with Crippen LogP contribution in [-0.2, 0) is 0 Å². The van der Waals surface area contributed by atoms with Gasteiger partial charge in [0.2, 0.25) is 0 Å². The summed E-state index contributed by atoms with van der Waals surface area (Å²) in [6, 6.07) is 11.7. The number of hydrogen-bond acceptors (Lipinski definition) is 5. The first-order valence-corrected chi connectivity index (χ1v) is 11.6. The Labute approximate surface area is 199 Å². The van der Waals surface area contributed by atoms with Gasteiger partial charge in [-0.25, -0.2) is 9.50 Å². The quantitative estimate of drug-likeness (QED) is 0.600. The Hall–Kier alpha value is -3.84. The lowest BCUT2D eigenvalue weighted by Crippen LogP contribution is -2.47. The molecule has 0 aliphatic carbocycles. The lowest BCUT2D eigenvalue weighted by molar-refractivity contribution is 0.0664. The van der Waals surface area contributed by atoms with Crippen molar-refractivity contribution in [3.63, 3.8) is 0 Å². The zero-order chi connectivity index (χ0) is 23.5. The van der Waals surface area contributed by atoms with Crippen molar-refractivity contribution >= 4 is 22.8 Å². The maximum atomic E-state index is 12.9. The number of piperazine rings is 1. The molecule has 172 valence electrons. The number of aliphatic imine (C=N–C) groups is 1. The molecule has 0 spiro atoms. The van der Waals surface area contributed by atoms with E-state index in [9.17, 15) is 4.79 Å². The van der Waals surface area contributed by atoms with Crippen LogP contribution < -0.4 is 0 Å². The molecule has 0 unspecified atom stereocenters. The van der Waals surface area contributed by atoms with Gasteiger partial charge >= 0.3 is 0 Å². The van der Waals surface area contributed by atoms with E-state index in [2.05, 4.69) is 34.1 Å². The molecule has 0 saturated carbocycles. The molecular formula is C27H28N6O. The molecular weight excluding hydrogens is 424 g/mol. The Morgan fingerprint density at radius 3 is 2.56 bits per heavy atom. The van der Waals surface area contributed by atoms with E-state index in [1.54, 1.807) is 0 Å². The van der Waals surface area contributed by atoms with E-state index in [-0.39, 0.29) is 5.91 Å². The second-order valence-electron chi connectivity index (χ2n) is 8.69. The number of carbonyl (C=O) groups excluding carboxylic acids is 1. The maximum Gasteiger partial charge on any atom is 0.253 e. The highest BCUT2D eigenvalue weighted by Crippen LogP contribution is 2.23. The number of allylic oxidation sites excluding steroid dienone is 5. The summed E-state index contributed by atoms with van der Waals surface area (Å²) in [6.45, 7) is 5.34. The highest BCUT2D eigenvalue weighted by Gasteiger charge is 2.20. The summed E-state index contributed by atoms with van der Waals surface area (Å²) in [4.78, 5) is 26.0. The van der Waals surface area contributed by atoms with Gasteiger partial charge in [-0.1, -0.05) is 30.4 Å². The van der Waals surface area contributed by atoms with Gasteiger partial charge in [0.25, 0.3) is 5.91 Å². The summed E-state index contributed by atoms with van der Waals surface area (Å²) in [5.74, 6) is 0.0896. The second kappa shape index (κ2) is 9.57. The van der Waals surface area contributed by atoms with Crippen LogP contribution in [0.1, 0.15) is 29.4 Å². The highest BCUT2D eigenvalue weighted by molar-refractivity contribution is 5.96. The predicted octanol–water partition coefficient (Wildman–Crippen LogP) is 4.10. The lowest BCUT2D eigenvalue weighted by atomic mass is 10.1. The van der Waals surface area contributed by atoms with Gasteiger partial charge in [-0.05, 0) is 56.3 Å². The molecule has 4 heterocycles. The van der Waals surface area contributed by atoms with Gasteiger partial charge in [0.1, 0.15) is 0 Å². The number of nitrogens with zero attached hydrogens (tertiary/aromatic N) is 6. The van der Waals surface area contributed by atoms with Crippen molar-refractivity contribution in [2.75, 3.05) is 33.2 Å². The molecule has 1 fully saturated rings. The van der Waals surface area contributed by atoms with Crippen molar-refractivity contribution in [1.29, 1.82) is 0 Å². The Kier molecular flexibility index (Phi) is 6.18. The third-order valence-electron chi connectivity index (χ3n) is 6.24. The van der Waals surface area contributed by atoms with Crippen LogP contribution >= 0.6 is 0 Å². The summed E-state index contributed by atoms with van der Waals surface area (Å²) in [5, 5.41) is 4.88. The third kappa shape index (κ3) is 4.61. The average Bonchev–Trinajstić information content (AvgIpc) is 3.32. The molecule has 7 heteroatoms. The number of carbonyl (C=O) groups is 1. The van der Waals surface area contributed by atoms with Crippen LogP contribution in [0.5, 0.6) is 0 Å². The van der Waals surface area contributed by atoms with Crippen molar-refractivity contribution in [1.82, 2.24) is 24.4 Å². The predicted molar refractivity (Wildman–Crippen MR) is 136 cm³/mol. The van der Waals surface area contributed by atoms with Crippen LogP contribution in [0.4, 0.5) is 0 Å². The van der Waals surface area contributed by atoms with Crippen LogP contribution in [0.3, 0.4) is 0 Å². The summed E-state index contributed by atoms with van der Waals surface area (Å²) in [7, 11) is 2.09. The van der Waals surface area contributed by atoms with Crippen LogP contribution in [0, 0.1) is 0 Å². The zero-order valence-electron chi connectivity index (χ0n) is 19.6. The number of fused-ring (bicyclic) bond motifs is 1. The molecule has 0 radical (unpaired) electrons. The molecule has 0 bridgehead atoms. The molecule has 7 nitrogen and oxygen atoms in total. The van der Waals surface area contributed by atoms with Crippen molar-refractivity contribution < 1.29 is 4.79 Å². The molecule has 5 rings (SSSR count). The van der Waals surface area contributed by atoms with Crippen molar-refractivity contribution in [3.8, 4) is 11.3 Å². The topological polar surface area (TPSA) is 66.1 Å². The van der Waals surface area contributed by atoms with E-state index in [1.807, 2.05) is 77.3 Å². The average molecular weight is 453 g/mol. The standard InChI is InChI=1S/C27H28N6O/c1-20-6-7-22(5-3-4-14-28-20)25-19-29-26-13-12-24(30-33(25)26)21-8-10-23(11-9-21)27(34)32-17-15-31(2)16-18-32/h4-14,19H,3,15-18H2,1-2H3. The van der Waals surface area contributed by atoms with E-state index < -0.39 is 0 Å². The summed E-state index contributed by atoms with van der Waals surface area (Å²) in [6.07, 6.45) is 12.7. The molecule has 0 N–H and O–H groups in total. The number of aromatic nitrogens is 3. The SMILES string of the molecule is CC1=NC=CCC=C(c2cnc3ccc(-c4ccc(C(=O)N5CCN(C)CC5)cc4)nn23)C=C1. The fourth-order valence-corrected chi connectivity index (χ4v) is 4.14. The van der Waals surface area contributed by atoms with E-state index in [0.29, 0.717) is 5.56 Å². The van der Waals surface area contributed by atoms with Crippen LogP contribution in [0.2, 0.25) is 0 Å². The van der Waals surface area contributed by atoms with Crippen LogP contribution in [0.25, 0.3) is 22.5 Å². The zero-order valence-corrected chi connectivity index (χ0v) is 19.6. The largest absolute Gasteiger partial charge is 0.336 e. The number of rotatable bonds is 3. The first-order chi connectivity index (χ1) is 16.6. The highest BCUT2D eigenvalue weighted by atomic mass is 16.2. The Bertz CT molecular complexity index is 1320. The minimum atomic E-state index is 0.0896. The first kappa shape index (κ1) is 22.0. The monoisotopic (exact) mass is 452 g/mol. The third-order valence-corrected chi connectivity index (χ3v) is 6.24. The van der Waals surface area contributed by atoms with E-state index >= 15 is 0 Å². The molecule has 1 saturated heterocycles. The number of hydrogen-bond donors (Lipinski definition) is 0. The molecule has 34 heavy (non-hydrogen) atoms. The van der Waals surface area contributed by atoms with Gasteiger partial charge in [-0.15, -0.1) is 0 Å². The maximum absolute atomic E-state index is 12.9. The smallest absolute Gasteiger partial charge is 0.253 e. The summed E-state index contributed by atoms with van der Waals surface area (Å²) >= 11 is 0. The van der Waals surface area contributed by atoms with Crippen molar-refractivity contribution in [2.45, 2.75) is 13.3 Å². The summed E-state index contributed by atoms with van der Waals surface area (Å²) in [5.41, 5.74) is 6.21. The fraction of sp³-hybridized carbons (Fsp3) is 0.259. The molecule has 2 aliphatic rings. The van der Waals surface area contributed by atoms with Gasteiger partial charge < -0.3 is 9.80 Å². The fourth-order valence-electron chi connectivity index (χ4n) is 4.14. The van der Waals surface area contributed by atoms with Crippen molar-refractivity contribution in [2.24, 2.45) is 4.99 Å². The first-order valence-electron chi connectivity index (χ1n) is 11.6. The number of benzene rings is 1. The Morgan fingerprint density at radius 1 is 0.971 bits per heavy atom. The molecule has 0 atom stereocenters. The molecule has 2 aliphatic heterocycles. The number of imidazole rings is 1. The minimum absolute atomic E-state index is 0.0896. The van der Waals surface area contributed by atoms with Crippen molar-refractivity contribution in [3.05, 3.63) is 84.4 Å². The molecule has 1 aromatic carbocycles. The molecule has 3 aromatic rings. The van der Waals surface area contributed by atoms with E-state index in [1.165, 1.54) is 0 Å². The second-order valence-corrected chi connectivity index (χ2v) is 8.69. The molecule has 1 amide bonds. The molecule has 2 aromatic heterocycles. The van der Waals surface area contributed by atoms with Gasteiger partial charge in [-0.3, -0.25) is 9.79 Å². The number of amides is 1. The normalized spacial score (nSPS) is 17.2. The minimum Gasteiger partial charge on any atom is -0.336 e. The van der Waals surface area contributed by atoms with Gasteiger partial charge in [0.15, 0.2) is 5.65 Å².